The van der Waals surface area contributed by atoms with Crippen molar-refractivity contribution in [1.29, 1.82) is 0 Å². The summed E-state index contributed by atoms with van der Waals surface area (Å²) >= 11 is 0. The van der Waals surface area contributed by atoms with Crippen molar-refractivity contribution in [1.82, 2.24) is 4.90 Å². The maximum atomic E-state index is 12.5. The average Bonchev–Trinajstić information content (AvgIpc) is 2.47. The molecule has 1 heterocycles. The van der Waals surface area contributed by atoms with Crippen LogP contribution in [0.25, 0.3) is 0 Å². The van der Waals surface area contributed by atoms with Gasteiger partial charge in [-0.3, -0.25) is 0 Å². The summed E-state index contributed by atoms with van der Waals surface area (Å²) in [4.78, 5) is 1.79. The molecule has 0 bridgehead atoms. The van der Waals surface area contributed by atoms with Gasteiger partial charge in [-0.05, 0) is 38.2 Å². The summed E-state index contributed by atoms with van der Waals surface area (Å²) < 4.78 is 53.3. The number of likely N-dealkylation sites (N-methyl/N-ethyl adjacent to an activating group) is 1. The van der Waals surface area contributed by atoms with Gasteiger partial charge in [0.15, 0.2) is 0 Å². The number of nitrogens with one attached hydrogen (secondary N) is 1. The molecule has 1 N–H and O–H groups in total. The first-order chi connectivity index (χ1) is 10.3. The topological polar surface area (TPSA) is 58.6 Å². The van der Waals surface area contributed by atoms with Crippen molar-refractivity contribution in [3.63, 3.8) is 0 Å². The lowest BCUT2D eigenvalue weighted by Gasteiger charge is -2.34. The third-order valence-electron chi connectivity index (χ3n) is 3.67. The van der Waals surface area contributed by atoms with Gasteiger partial charge in [-0.15, -0.1) is 0 Å². The fourth-order valence-corrected chi connectivity index (χ4v) is 3.03. The second kappa shape index (κ2) is 6.89. The number of anilines is 1. The quantitative estimate of drug-likeness (QED) is 0.890. The van der Waals surface area contributed by atoms with Gasteiger partial charge in [0.05, 0.1) is 23.6 Å². The van der Waals surface area contributed by atoms with Crippen LogP contribution in [0.2, 0.25) is 0 Å². The van der Waals surface area contributed by atoms with Crippen LogP contribution in [0.5, 0.6) is 0 Å². The monoisotopic (exact) mass is 334 g/mol. The predicted molar refractivity (Wildman–Crippen MR) is 80.0 cm³/mol. The maximum absolute atomic E-state index is 12.5. The highest BCUT2D eigenvalue weighted by atomic mass is 32.2. The Kier molecular flexibility index (Phi) is 5.36. The lowest BCUT2D eigenvalue weighted by atomic mass is 10.1. The third kappa shape index (κ3) is 3.93. The molecule has 2 rings (SSSR count). The Morgan fingerprint density at radius 2 is 1.95 bits per heavy atom. The van der Waals surface area contributed by atoms with E-state index in [0.717, 1.165) is 13.1 Å². The largest absolute Gasteiger partial charge is 0.380 e. The Balaban J connectivity index is 2.02. The van der Waals surface area contributed by atoms with Crippen LogP contribution >= 0.6 is 0 Å². The molecule has 22 heavy (non-hydrogen) atoms. The highest BCUT2D eigenvalue weighted by Crippen LogP contribution is 2.21. The SMILES string of the molecule is CC(Nc1ccc(S(=O)(=O)C(F)F)cc1)C1CN(C)CCO1. The van der Waals surface area contributed by atoms with E-state index >= 15 is 0 Å². The third-order valence-corrected chi connectivity index (χ3v) is 5.06. The van der Waals surface area contributed by atoms with E-state index in [9.17, 15) is 17.2 Å². The lowest BCUT2D eigenvalue weighted by molar-refractivity contribution is -0.0259. The number of morpholine rings is 1. The zero-order valence-corrected chi connectivity index (χ0v) is 13.3. The van der Waals surface area contributed by atoms with Gasteiger partial charge in [0, 0.05) is 18.8 Å². The molecule has 2 atom stereocenters. The predicted octanol–water partition coefficient (Wildman–Crippen LogP) is 1.81. The molecule has 2 unspecified atom stereocenters. The van der Waals surface area contributed by atoms with E-state index in [0.29, 0.717) is 12.3 Å². The second-order valence-corrected chi connectivity index (χ2v) is 7.35. The molecular formula is C14H20F2N2O3S. The summed E-state index contributed by atoms with van der Waals surface area (Å²) in [6.45, 7) is 4.32. The molecule has 0 saturated carbocycles. The van der Waals surface area contributed by atoms with Gasteiger partial charge in [0.25, 0.3) is 0 Å². The van der Waals surface area contributed by atoms with Crippen LogP contribution in [0, 0.1) is 0 Å². The highest BCUT2D eigenvalue weighted by molar-refractivity contribution is 7.91. The van der Waals surface area contributed by atoms with E-state index in [1.165, 1.54) is 24.3 Å². The normalized spacial score (nSPS) is 21.8. The molecule has 5 nitrogen and oxygen atoms in total. The number of halogens is 2. The van der Waals surface area contributed by atoms with Crippen molar-refractivity contribution >= 4 is 15.5 Å². The molecule has 0 spiro atoms. The van der Waals surface area contributed by atoms with E-state index in [1.807, 2.05) is 14.0 Å². The molecule has 1 aliphatic heterocycles. The second-order valence-electron chi connectivity index (χ2n) is 5.43. The number of nitrogens with zero attached hydrogens (tertiary/aromatic N) is 1. The van der Waals surface area contributed by atoms with E-state index in [1.54, 1.807) is 0 Å². The summed E-state index contributed by atoms with van der Waals surface area (Å²) in [5, 5.41) is 3.21. The molecule has 1 aromatic carbocycles. The first kappa shape index (κ1) is 17.1. The highest BCUT2D eigenvalue weighted by Gasteiger charge is 2.27. The summed E-state index contributed by atoms with van der Waals surface area (Å²) in [6, 6.07) is 5.35. The van der Waals surface area contributed by atoms with Crippen LogP contribution in [0.4, 0.5) is 14.5 Å². The summed E-state index contributed by atoms with van der Waals surface area (Å²) in [6.07, 6.45) is 0.0169. The molecule has 0 aliphatic carbocycles. The van der Waals surface area contributed by atoms with Crippen molar-refractivity contribution < 1.29 is 21.9 Å². The van der Waals surface area contributed by atoms with Gasteiger partial charge in [-0.25, -0.2) is 8.42 Å². The van der Waals surface area contributed by atoms with Gasteiger partial charge >= 0.3 is 5.76 Å². The van der Waals surface area contributed by atoms with Crippen molar-refractivity contribution in [3.8, 4) is 0 Å². The number of ether oxygens (including phenoxy) is 1. The minimum Gasteiger partial charge on any atom is -0.380 e. The number of benzene rings is 1. The van der Waals surface area contributed by atoms with Gasteiger partial charge in [0.2, 0.25) is 9.84 Å². The van der Waals surface area contributed by atoms with Crippen molar-refractivity contribution in [3.05, 3.63) is 24.3 Å². The number of rotatable bonds is 5. The molecule has 1 aromatic rings. The first-order valence-electron chi connectivity index (χ1n) is 6.99. The van der Waals surface area contributed by atoms with Gasteiger partial charge < -0.3 is 15.0 Å². The van der Waals surface area contributed by atoms with Crippen molar-refractivity contribution in [2.45, 2.75) is 29.7 Å². The molecule has 1 aliphatic rings. The molecule has 124 valence electrons. The molecule has 1 fully saturated rings. The Morgan fingerprint density at radius 1 is 1.32 bits per heavy atom. The molecule has 0 aromatic heterocycles. The minimum absolute atomic E-state index is 0.0142. The number of sulfone groups is 1. The van der Waals surface area contributed by atoms with Gasteiger partial charge in [-0.1, -0.05) is 0 Å². The Bertz CT molecular complexity index is 593. The zero-order chi connectivity index (χ0) is 16.3. The minimum atomic E-state index is -4.54. The van der Waals surface area contributed by atoms with Crippen LogP contribution in [0.1, 0.15) is 6.92 Å². The van der Waals surface area contributed by atoms with Gasteiger partial charge in [0.1, 0.15) is 0 Å². The number of hydrogen-bond donors (Lipinski definition) is 1. The Labute approximate surface area is 129 Å². The average molecular weight is 334 g/mol. The van der Waals surface area contributed by atoms with Crippen LogP contribution in [-0.4, -0.2) is 58.0 Å². The Morgan fingerprint density at radius 3 is 2.50 bits per heavy atom. The van der Waals surface area contributed by atoms with Crippen LogP contribution in [0.3, 0.4) is 0 Å². The summed E-state index contributed by atoms with van der Waals surface area (Å²) in [5.74, 6) is -3.41. The van der Waals surface area contributed by atoms with Crippen molar-refractivity contribution in [2.24, 2.45) is 0 Å². The molecule has 1 saturated heterocycles. The van der Waals surface area contributed by atoms with E-state index in [2.05, 4.69) is 10.2 Å². The number of alkyl halides is 2. The lowest BCUT2D eigenvalue weighted by Crippen LogP contribution is -2.47. The van der Waals surface area contributed by atoms with Crippen molar-refractivity contribution in [2.75, 3.05) is 32.1 Å². The fraction of sp³-hybridized carbons (Fsp3) is 0.571. The van der Waals surface area contributed by atoms with E-state index in [4.69, 9.17) is 4.74 Å². The number of hydrogen-bond acceptors (Lipinski definition) is 5. The van der Waals surface area contributed by atoms with Gasteiger partial charge in [-0.2, -0.15) is 8.78 Å². The van der Waals surface area contributed by atoms with Crippen LogP contribution in [-0.2, 0) is 14.6 Å². The molecule has 8 heteroatoms. The molecular weight excluding hydrogens is 314 g/mol. The smallest absolute Gasteiger partial charge is 0.341 e. The van der Waals surface area contributed by atoms with Crippen LogP contribution in [0.15, 0.2) is 29.2 Å². The zero-order valence-electron chi connectivity index (χ0n) is 12.5. The first-order valence-corrected chi connectivity index (χ1v) is 8.54. The Hall–Kier alpha value is -1.25. The van der Waals surface area contributed by atoms with E-state index < -0.39 is 15.6 Å². The van der Waals surface area contributed by atoms with Crippen LogP contribution < -0.4 is 5.32 Å². The molecule has 0 radical (unpaired) electrons. The standard InChI is InChI=1S/C14H20F2N2O3S/c1-10(13-9-18(2)7-8-21-13)17-11-3-5-12(6-4-11)22(19,20)14(15)16/h3-6,10,13-14,17H,7-9H2,1-2H3. The summed E-state index contributed by atoms with van der Waals surface area (Å²) in [7, 11) is -2.52. The fourth-order valence-electron chi connectivity index (χ4n) is 2.31. The maximum Gasteiger partial charge on any atom is 0.341 e. The summed E-state index contributed by atoms with van der Waals surface area (Å²) in [5.41, 5.74) is 0.664. The molecule has 0 amide bonds. The van der Waals surface area contributed by atoms with E-state index in [-0.39, 0.29) is 17.0 Å².